The first-order valence-electron chi connectivity index (χ1n) is 5.81. The summed E-state index contributed by atoms with van der Waals surface area (Å²) in [5, 5.41) is 9.70. The van der Waals surface area contributed by atoms with E-state index in [1.165, 1.54) is 0 Å². The van der Waals surface area contributed by atoms with E-state index in [4.69, 9.17) is 4.74 Å². The zero-order valence-electron chi connectivity index (χ0n) is 10.1. The third-order valence-electron chi connectivity index (χ3n) is 2.66. The molecule has 1 N–H and O–H groups in total. The molecule has 2 aromatic carbocycles. The third-order valence-corrected chi connectivity index (χ3v) is 3.16. The van der Waals surface area contributed by atoms with Gasteiger partial charge in [0.25, 0.3) is 0 Å². The standard InChI is InChI=1S/C15H15BrO2/c1-11(17)14-8-7-13(16)9-15(14)18-10-12-5-3-2-4-6-12/h2-9,11,17H,10H2,1H3. The Balaban J connectivity index is 2.15. The molecule has 0 aliphatic rings. The van der Waals surface area contributed by atoms with Crippen LogP contribution in [0.2, 0.25) is 0 Å². The summed E-state index contributed by atoms with van der Waals surface area (Å²) in [6.45, 7) is 2.23. The monoisotopic (exact) mass is 306 g/mol. The maximum absolute atomic E-state index is 9.70. The summed E-state index contributed by atoms with van der Waals surface area (Å²) < 4.78 is 6.72. The smallest absolute Gasteiger partial charge is 0.126 e. The maximum Gasteiger partial charge on any atom is 0.126 e. The molecule has 0 radical (unpaired) electrons. The van der Waals surface area contributed by atoms with Crippen LogP contribution in [0.5, 0.6) is 5.75 Å². The van der Waals surface area contributed by atoms with Gasteiger partial charge in [0.1, 0.15) is 12.4 Å². The lowest BCUT2D eigenvalue weighted by molar-refractivity contribution is 0.190. The van der Waals surface area contributed by atoms with E-state index in [-0.39, 0.29) is 0 Å². The number of hydrogen-bond donors (Lipinski definition) is 1. The Bertz CT molecular complexity index is 509. The van der Waals surface area contributed by atoms with Crippen LogP contribution >= 0.6 is 15.9 Å². The number of benzene rings is 2. The molecule has 0 bridgehead atoms. The number of aliphatic hydroxyl groups is 1. The third kappa shape index (κ3) is 3.34. The summed E-state index contributed by atoms with van der Waals surface area (Å²) in [6, 6.07) is 15.6. The zero-order valence-corrected chi connectivity index (χ0v) is 11.7. The van der Waals surface area contributed by atoms with Crippen LogP contribution < -0.4 is 4.74 Å². The maximum atomic E-state index is 9.70. The number of hydrogen-bond acceptors (Lipinski definition) is 2. The van der Waals surface area contributed by atoms with Crippen molar-refractivity contribution in [1.82, 2.24) is 0 Å². The molecule has 2 rings (SSSR count). The molecule has 0 aliphatic heterocycles. The highest BCUT2D eigenvalue weighted by Gasteiger charge is 2.09. The normalized spacial score (nSPS) is 12.2. The number of halogens is 1. The molecule has 0 saturated heterocycles. The molecule has 0 amide bonds. The first-order chi connectivity index (χ1) is 8.66. The Hall–Kier alpha value is -1.32. The topological polar surface area (TPSA) is 29.5 Å². The predicted octanol–water partition coefficient (Wildman–Crippen LogP) is 4.08. The Morgan fingerprint density at radius 1 is 1.17 bits per heavy atom. The van der Waals surface area contributed by atoms with Gasteiger partial charge in [-0.15, -0.1) is 0 Å². The van der Waals surface area contributed by atoms with E-state index in [9.17, 15) is 5.11 Å². The second-order valence-electron chi connectivity index (χ2n) is 4.13. The predicted molar refractivity (Wildman–Crippen MR) is 75.5 cm³/mol. The van der Waals surface area contributed by atoms with E-state index in [0.29, 0.717) is 12.4 Å². The first-order valence-corrected chi connectivity index (χ1v) is 6.60. The Labute approximate surface area is 115 Å². The Morgan fingerprint density at radius 2 is 1.89 bits per heavy atom. The van der Waals surface area contributed by atoms with Crippen molar-refractivity contribution in [2.75, 3.05) is 0 Å². The summed E-state index contributed by atoms with van der Waals surface area (Å²) in [4.78, 5) is 0. The van der Waals surface area contributed by atoms with Crippen LogP contribution in [0, 0.1) is 0 Å². The largest absolute Gasteiger partial charge is 0.488 e. The van der Waals surface area contributed by atoms with Gasteiger partial charge in [-0.05, 0) is 24.6 Å². The molecule has 0 saturated carbocycles. The summed E-state index contributed by atoms with van der Waals surface area (Å²) >= 11 is 3.41. The van der Waals surface area contributed by atoms with Gasteiger partial charge in [-0.3, -0.25) is 0 Å². The van der Waals surface area contributed by atoms with E-state index in [0.717, 1.165) is 15.6 Å². The van der Waals surface area contributed by atoms with Crippen LogP contribution in [-0.2, 0) is 6.61 Å². The van der Waals surface area contributed by atoms with E-state index >= 15 is 0 Å². The van der Waals surface area contributed by atoms with E-state index in [1.54, 1.807) is 6.92 Å². The second-order valence-corrected chi connectivity index (χ2v) is 5.05. The molecular weight excluding hydrogens is 292 g/mol. The van der Waals surface area contributed by atoms with Gasteiger partial charge in [-0.25, -0.2) is 0 Å². The van der Waals surface area contributed by atoms with Crippen molar-refractivity contribution in [1.29, 1.82) is 0 Å². The van der Waals surface area contributed by atoms with Crippen molar-refractivity contribution in [3.63, 3.8) is 0 Å². The fourth-order valence-electron chi connectivity index (χ4n) is 1.71. The molecule has 0 fully saturated rings. The Kier molecular flexibility index (Phi) is 4.39. The summed E-state index contributed by atoms with van der Waals surface area (Å²) in [5.41, 5.74) is 1.91. The lowest BCUT2D eigenvalue weighted by Gasteiger charge is -2.14. The van der Waals surface area contributed by atoms with Crippen molar-refractivity contribution in [3.05, 3.63) is 64.1 Å². The quantitative estimate of drug-likeness (QED) is 0.922. The van der Waals surface area contributed by atoms with Gasteiger partial charge in [0.15, 0.2) is 0 Å². The molecule has 0 heterocycles. The van der Waals surface area contributed by atoms with Crippen molar-refractivity contribution in [2.24, 2.45) is 0 Å². The molecule has 0 aliphatic carbocycles. The van der Waals surface area contributed by atoms with E-state index < -0.39 is 6.10 Å². The summed E-state index contributed by atoms with van der Waals surface area (Å²) in [7, 11) is 0. The fraction of sp³-hybridized carbons (Fsp3) is 0.200. The van der Waals surface area contributed by atoms with Gasteiger partial charge in [0.2, 0.25) is 0 Å². The van der Waals surface area contributed by atoms with Crippen LogP contribution in [0.1, 0.15) is 24.2 Å². The molecule has 1 unspecified atom stereocenters. The number of ether oxygens (including phenoxy) is 1. The second kappa shape index (κ2) is 6.03. The van der Waals surface area contributed by atoms with Crippen LogP contribution in [-0.4, -0.2) is 5.11 Å². The molecule has 2 nitrogen and oxygen atoms in total. The van der Waals surface area contributed by atoms with Crippen LogP contribution in [0.3, 0.4) is 0 Å². The minimum absolute atomic E-state index is 0.497. The van der Waals surface area contributed by atoms with Crippen molar-refractivity contribution < 1.29 is 9.84 Å². The zero-order chi connectivity index (χ0) is 13.0. The van der Waals surface area contributed by atoms with Crippen LogP contribution in [0.4, 0.5) is 0 Å². The lowest BCUT2D eigenvalue weighted by atomic mass is 10.1. The van der Waals surface area contributed by atoms with Gasteiger partial charge < -0.3 is 9.84 Å². The molecule has 1 atom stereocenters. The average Bonchev–Trinajstić information content (AvgIpc) is 2.37. The van der Waals surface area contributed by atoms with E-state index in [2.05, 4.69) is 15.9 Å². The van der Waals surface area contributed by atoms with Crippen LogP contribution in [0.25, 0.3) is 0 Å². The molecule has 3 heteroatoms. The average molecular weight is 307 g/mol. The van der Waals surface area contributed by atoms with Gasteiger partial charge in [-0.2, -0.15) is 0 Å². The molecule has 0 aromatic heterocycles. The van der Waals surface area contributed by atoms with Gasteiger partial charge in [-0.1, -0.05) is 52.3 Å². The van der Waals surface area contributed by atoms with Gasteiger partial charge in [0, 0.05) is 10.0 Å². The minimum Gasteiger partial charge on any atom is -0.488 e. The van der Waals surface area contributed by atoms with Gasteiger partial charge in [0.05, 0.1) is 6.10 Å². The number of aliphatic hydroxyl groups excluding tert-OH is 1. The molecule has 2 aromatic rings. The van der Waals surface area contributed by atoms with Crippen molar-refractivity contribution in [3.8, 4) is 5.75 Å². The van der Waals surface area contributed by atoms with E-state index in [1.807, 2.05) is 48.5 Å². The molecule has 0 spiro atoms. The highest BCUT2D eigenvalue weighted by atomic mass is 79.9. The Morgan fingerprint density at radius 3 is 2.56 bits per heavy atom. The molecule has 18 heavy (non-hydrogen) atoms. The molecule has 94 valence electrons. The highest BCUT2D eigenvalue weighted by molar-refractivity contribution is 9.10. The highest BCUT2D eigenvalue weighted by Crippen LogP contribution is 2.29. The summed E-state index contributed by atoms with van der Waals surface area (Å²) in [6.07, 6.45) is -0.538. The van der Waals surface area contributed by atoms with Crippen LogP contribution in [0.15, 0.2) is 53.0 Å². The fourth-order valence-corrected chi connectivity index (χ4v) is 2.05. The SMILES string of the molecule is CC(O)c1ccc(Br)cc1OCc1ccccc1. The lowest BCUT2D eigenvalue weighted by Crippen LogP contribution is -2.00. The first kappa shape index (κ1) is 13.1. The number of rotatable bonds is 4. The summed E-state index contributed by atoms with van der Waals surface area (Å²) in [5.74, 6) is 0.711. The van der Waals surface area contributed by atoms with Gasteiger partial charge >= 0.3 is 0 Å². The minimum atomic E-state index is -0.538. The van der Waals surface area contributed by atoms with Crippen molar-refractivity contribution in [2.45, 2.75) is 19.6 Å². The van der Waals surface area contributed by atoms with Crippen molar-refractivity contribution >= 4 is 15.9 Å². The molecular formula is C15H15BrO2.